The van der Waals surface area contributed by atoms with E-state index in [4.69, 9.17) is 16.3 Å². The molecular weight excluding hydrogens is 492 g/mol. The van der Waals surface area contributed by atoms with Crippen molar-refractivity contribution in [1.29, 1.82) is 0 Å². The van der Waals surface area contributed by atoms with Crippen LogP contribution in [0.5, 0.6) is 0 Å². The van der Waals surface area contributed by atoms with Gasteiger partial charge in [-0.2, -0.15) is 4.98 Å². The minimum absolute atomic E-state index is 0.0290. The molecule has 1 amide bonds. The molecule has 0 N–H and O–H groups in total. The smallest absolute Gasteiger partial charge is 0.410 e. The number of carbonyl (C=O) groups excluding carboxylic acids is 1. The molecule has 2 aliphatic heterocycles. The minimum atomic E-state index is -0.536. The minimum Gasteiger partial charge on any atom is -0.444 e. The van der Waals surface area contributed by atoms with Gasteiger partial charge in [0.1, 0.15) is 11.4 Å². The first kappa shape index (κ1) is 21.8. The van der Waals surface area contributed by atoms with E-state index in [0.29, 0.717) is 37.0 Å². The predicted molar refractivity (Wildman–Crippen MR) is 124 cm³/mol. The molecule has 1 aromatic heterocycles. The zero-order valence-corrected chi connectivity index (χ0v) is 20.5. The van der Waals surface area contributed by atoms with Crippen LogP contribution in [0.4, 0.5) is 10.6 Å². The van der Waals surface area contributed by atoms with E-state index >= 15 is 0 Å². The Morgan fingerprint density at radius 3 is 2.73 bits per heavy atom. The van der Waals surface area contributed by atoms with Crippen molar-refractivity contribution < 1.29 is 9.53 Å². The maximum absolute atomic E-state index is 12.8. The summed E-state index contributed by atoms with van der Waals surface area (Å²) in [7, 11) is 0. The topological polar surface area (TPSA) is 67.7 Å². The number of rotatable bonds is 1. The van der Waals surface area contributed by atoms with Gasteiger partial charge in [-0.15, -0.1) is 11.8 Å². The second-order valence-electron chi connectivity index (χ2n) is 8.58. The third-order valence-electron chi connectivity index (χ3n) is 5.21. The van der Waals surface area contributed by atoms with Gasteiger partial charge < -0.3 is 14.5 Å². The number of amides is 1. The number of aryl methyl sites for hydroxylation is 1. The number of aromatic nitrogens is 2. The number of piperazine rings is 1. The van der Waals surface area contributed by atoms with Crippen LogP contribution in [-0.4, -0.2) is 57.6 Å². The van der Waals surface area contributed by atoms with Crippen molar-refractivity contribution in [2.45, 2.75) is 50.8 Å². The Morgan fingerprint density at radius 2 is 2.07 bits per heavy atom. The van der Waals surface area contributed by atoms with Gasteiger partial charge in [0, 0.05) is 48.3 Å². The maximum Gasteiger partial charge on any atom is 0.410 e. The molecule has 1 saturated heterocycles. The lowest BCUT2D eigenvalue weighted by molar-refractivity contribution is 0.0218. The van der Waals surface area contributed by atoms with Gasteiger partial charge in [-0.1, -0.05) is 11.6 Å². The van der Waals surface area contributed by atoms with Crippen molar-refractivity contribution >= 4 is 62.1 Å². The van der Waals surface area contributed by atoms with Crippen LogP contribution in [0.1, 0.15) is 27.7 Å². The number of hydrogen-bond donors (Lipinski definition) is 0. The monoisotopic (exact) mass is 514 g/mol. The summed E-state index contributed by atoms with van der Waals surface area (Å²) in [5.74, 6) is 1.42. The summed E-state index contributed by atoms with van der Waals surface area (Å²) >= 11 is 11.8. The molecule has 1 atom stereocenters. The second kappa shape index (κ2) is 7.91. The molecule has 3 heterocycles. The quantitative estimate of drug-likeness (QED) is 0.562. The Hall–Kier alpha value is -1.45. The van der Waals surface area contributed by atoms with Gasteiger partial charge in [0.2, 0.25) is 0 Å². The molecule has 162 valence electrons. The van der Waals surface area contributed by atoms with Gasteiger partial charge in [0.05, 0.1) is 15.0 Å². The Labute approximate surface area is 192 Å². The van der Waals surface area contributed by atoms with Crippen LogP contribution in [0.25, 0.3) is 10.9 Å². The van der Waals surface area contributed by atoms with E-state index in [9.17, 15) is 9.59 Å². The second-order valence-corrected chi connectivity index (χ2v) is 10.9. The van der Waals surface area contributed by atoms with Gasteiger partial charge in [-0.05, 0) is 49.7 Å². The number of hydrogen-bond acceptors (Lipinski definition) is 6. The fourth-order valence-corrected chi connectivity index (χ4v) is 5.88. The summed E-state index contributed by atoms with van der Waals surface area (Å²) in [5.41, 5.74) is 0.0837. The number of halogens is 2. The Kier molecular flexibility index (Phi) is 5.74. The van der Waals surface area contributed by atoms with Crippen molar-refractivity contribution in [3.05, 3.63) is 26.0 Å². The summed E-state index contributed by atoms with van der Waals surface area (Å²) in [5, 5.41) is 1.46. The molecule has 1 aromatic carbocycles. The van der Waals surface area contributed by atoms with E-state index in [-0.39, 0.29) is 17.8 Å². The van der Waals surface area contributed by atoms with E-state index in [1.54, 1.807) is 21.2 Å². The Morgan fingerprint density at radius 1 is 1.33 bits per heavy atom. The summed E-state index contributed by atoms with van der Waals surface area (Å²) in [6.07, 6.45) is -0.317. The molecule has 0 spiro atoms. The van der Waals surface area contributed by atoms with Crippen molar-refractivity contribution in [2.75, 3.05) is 30.3 Å². The molecule has 2 aromatic rings. The van der Waals surface area contributed by atoms with E-state index in [1.807, 2.05) is 33.8 Å². The molecule has 0 aliphatic carbocycles. The van der Waals surface area contributed by atoms with Crippen LogP contribution in [0.2, 0.25) is 5.02 Å². The number of benzene rings is 1. The molecule has 0 bridgehead atoms. The molecule has 0 radical (unpaired) electrons. The fourth-order valence-electron chi connectivity index (χ4n) is 3.90. The molecular formula is C20H24BrClN4O3S. The SMILES string of the molecule is CC1CN(C(=O)OC(C)(C)C)CCN1c1nc(=O)n2c3c(c(Br)c(Cl)cc13)SCC2. The zero-order chi connectivity index (χ0) is 21.8. The molecule has 10 heteroatoms. The number of anilines is 1. The summed E-state index contributed by atoms with van der Waals surface area (Å²) in [6, 6.07) is 1.85. The van der Waals surface area contributed by atoms with Crippen molar-refractivity contribution in [2.24, 2.45) is 0 Å². The van der Waals surface area contributed by atoms with Gasteiger partial charge in [-0.3, -0.25) is 4.57 Å². The van der Waals surface area contributed by atoms with Gasteiger partial charge in [0.25, 0.3) is 0 Å². The number of ether oxygens (including phenoxy) is 1. The summed E-state index contributed by atoms with van der Waals surface area (Å²) in [4.78, 5) is 34.5. The standard InChI is InChI=1S/C20H24BrClN4O3S/c1-11-10-24(19(28)29-20(2,3)4)5-6-25(11)17-12-9-13(22)14(21)16-15(12)26(7-8-30-16)18(27)23-17/h9,11H,5-8,10H2,1-4H3. The van der Waals surface area contributed by atoms with Crippen LogP contribution in [-0.2, 0) is 11.3 Å². The highest BCUT2D eigenvalue weighted by atomic mass is 79.9. The first-order chi connectivity index (χ1) is 14.1. The van der Waals surface area contributed by atoms with Crippen LogP contribution in [0.15, 0.2) is 20.2 Å². The van der Waals surface area contributed by atoms with Gasteiger partial charge in [0.15, 0.2) is 0 Å². The largest absolute Gasteiger partial charge is 0.444 e. The highest BCUT2D eigenvalue weighted by Gasteiger charge is 2.32. The van der Waals surface area contributed by atoms with Crippen molar-refractivity contribution in [3.63, 3.8) is 0 Å². The number of thioether (sulfide) groups is 1. The average molecular weight is 516 g/mol. The first-order valence-corrected chi connectivity index (χ1v) is 12.0. The molecule has 2 aliphatic rings. The van der Waals surface area contributed by atoms with Crippen LogP contribution >= 0.6 is 39.3 Å². The van der Waals surface area contributed by atoms with Crippen LogP contribution < -0.4 is 10.6 Å². The highest BCUT2D eigenvalue weighted by Crippen LogP contribution is 2.43. The lowest BCUT2D eigenvalue weighted by Crippen LogP contribution is -2.55. The lowest BCUT2D eigenvalue weighted by Gasteiger charge is -2.41. The Bertz CT molecular complexity index is 1080. The number of carbonyl (C=O) groups is 1. The van der Waals surface area contributed by atoms with Gasteiger partial charge >= 0.3 is 11.8 Å². The molecule has 1 unspecified atom stereocenters. The van der Waals surface area contributed by atoms with Gasteiger partial charge in [-0.25, -0.2) is 9.59 Å². The number of nitrogens with zero attached hydrogens (tertiary/aromatic N) is 4. The average Bonchev–Trinajstić information content (AvgIpc) is 2.67. The first-order valence-electron chi connectivity index (χ1n) is 9.86. The van der Waals surface area contributed by atoms with Crippen LogP contribution in [0, 0.1) is 0 Å². The van der Waals surface area contributed by atoms with Crippen molar-refractivity contribution in [3.8, 4) is 0 Å². The van der Waals surface area contributed by atoms with Crippen molar-refractivity contribution in [1.82, 2.24) is 14.5 Å². The van der Waals surface area contributed by atoms with E-state index in [2.05, 4.69) is 25.8 Å². The van der Waals surface area contributed by atoms with E-state index in [1.165, 1.54) is 0 Å². The normalized spacial score (nSPS) is 19.3. The predicted octanol–water partition coefficient (Wildman–Crippen LogP) is 4.36. The maximum atomic E-state index is 12.8. The van der Waals surface area contributed by atoms with E-state index in [0.717, 1.165) is 26.0 Å². The molecule has 30 heavy (non-hydrogen) atoms. The summed E-state index contributed by atoms with van der Waals surface area (Å²) in [6.45, 7) is 9.77. The molecule has 7 nitrogen and oxygen atoms in total. The zero-order valence-electron chi connectivity index (χ0n) is 17.4. The summed E-state index contributed by atoms with van der Waals surface area (Å²) < 4.78 is 8.06. The third-order valence-corrected chi connectivity index (χ3v) is 7.89. The van der Waals surface area contributed by atoms with Crippen LogP contribution in [0.3, 0.4) is 0 Å². The third kappa shape index (κ3) is 3.91. The highest BCUT2D eigenvalue weighted by molar-refractivity contribution is 9.10. The molecule has 0 saturated carbocycles. The lowest BCUT2D eigenvalue weighted by atomic mass is 10.1. The molecule has 4 rings (SSSR count). The Balaban J connectivity index is 1.72. The fraction of sp³-hybridized carbons (Fsp3) is 0.550. The van der Waals surface area contributed by atoms with E-state index < -0.39 is 5.60 Å². The molecule has 1 fully saturated rings.